The number of carbonyl (C=O) groups is 2. The Bertz CT molecular complexity index is 1380. The summed E-state index contributed by atoms with van der Waals surface area (Å²) in [5.41, 5.74) is 2.90. The van der Waals surface area contributed by atoms with Gasteiger partial charge in [0.05, 0.1) is 16.2 Å². The fraction of sp³-hybridized carbons (Fsp3) is 0.0800. The van der Waals surface area contributed by atoms with Gasteiger partial charge in [-0.2, -0.15) is 0 Å². The summed E-state index contributed by atoms with van der Waals surface area (Å²) in [5, 5.41) is 0. The molecule has 1 heterocycles. The van der Waals surface area contributed by atoms with Crippen LogP contribution in [0.15, 0.2) is 69.8 Å². The molecule has 0 radical (unpaired) electrons. The molecule has 9 heteroatoms. The highest BCUT2D eigenvalue weighted by Crippen LogP contribution is 2.36. The lowest BCUT2D eigenvalue weighted by Gasteiger charge is -2.12. The second-order valence-electron chi connectivity index (χ2n) is 7.26. The highest BCUT2D eigenvalue weighted by atomic mass is 127. The monoisotopic (exact) mass is 743 g/mol. The summed E-state index contributed by atoms with van der Waals surface area (Å²) >= 11 is 7.74. The van der Waals surface area contributed by atoms with Crippen LogP contribution in [0, 0.1) is 14.1 Å². The molecular formula is C25H16BrI2NO5. The van der Waals surface area contributed by atoms with E-state index in [1.165, 1.54) is 7.11 Å². The van der Waals surface area contributed by atoms with Crippen molar-refractivity contribution in [1.82, 2.24) is 0 Å². The smallest absolute Gasteiger partial charge is 0.363 e. The molecule has 0 aliphatic carbocycles. The van der Waals surface area contributed by atoms with Crippen molar-refractivity contribution in [2.75, 3.05) is 7.11 Å². The number of aliphatic imine (C=N–C) groups is 1. The Morgan fingerprint density at radius 2 is 1.88 bits per heavy atom. The molecule has 3 aromatic carbocycles. The largest absolute Gasteiger partial charge is 0.493 e. The first-order valence-corrected chi connectivity index (χ1v) is 12.8. The quantitative estimate of drug-likeness (QED) is 0.129. The van der Waals surface area contributed by atoms with E-state index >= 15 is 0 Å². The van der Waals surface area contributed by atoms with Crippen molar-refractivity contribution in [3.05, 3.63) is 94.2 Å². The Balaban J connectivity index is 1.63. The van der Waals surface area contributed by atoms with Gasteiger partial charge in [0.1, 0.15) is 0 Å². The molecule has 3 aromatic rings. The molecule has 0 spiro atoms. The van der Waals surface area contributed by atoms with Gasteiger partial charge >= 0.3 is 11.9 Å². The Kier molecular flexibility index (Phi) is 7.73. The molecule has 172 valence electrons. The molecule has 0 saturated heterocycles. The molecule has 0 aromatic heterocycles. The number of esters is 2. The van der Waals surface area contributed by atoms with Crippen LogP contribution in [0.5, 0.6) is 11.5 Å². The van der Waals surface area contributed by atoms with E-state index in [2.05, 4.69) is 66.1 Å². The highest BCUT2D eigenvalue weighted by Gasteiger charge is 2.25. The molecule has 0 N–H and O–H groups in total. The van der Waals surface area contributed by atoms with Gasteiger partial charge in [-0.05, 0) is 122 Å². The minimum Gasteiger partial charge on any atom is -0.493 e. The van der Waals surface area contributed by atoms with Crippen molar-refractivity contribution in [3.63, 3.8) is 0 Å². The summed E-state index contributed by atoms with van der Waals surface area (Å²) in [5.74, 6) is -0.133. The fourth-order valence-corrected chi connectivity index (χ4v) is 4.62. The molecule has 4 rings (SSSR count). The van der Waals surface area contributed by atoms with Crippen molar-refractivity contribution in [1.29, 1.82) is 0 Å². The van der Waals surface area contributed by atoms with Gasteiger partial charge in [-0.1, -0.05) is 17.7 Å². The van der Waals surface area contributed by atoms with Crippen molar-refractivity contribution in [2.45, 2.75) is 6.92 Å². The van der Waals surface area contributed by atoms with Gasteiger partial charge in [0.2, 0.25) is 5.90 Å². The SMILES string of the molecule is COc1cc(/C=C2\N=C(c3ccc(I)c(Br)c3)OC2=O)cc(I)c1OC(=O)c1cccc(C)c1. The van der Waals surface area contributed by atoms with Gasteiger partial charge in [-0.15, -0.1) is 0 Å². The number of ether oxygens (including phenoxy) is 3. The third-order valence-corrected chi connectivity index (χ3v) is 7.93. The molecule has 0 saturated carbocycles. The zero-order chi connectivity index (χ0) is 24.4. The van der Waals surface area contributed by atoms with E-state index in [4.69, 9.17) is 14.2 Å². The summed E-state index contributed by atoms with van der Waals surface area (Å²) in [6, 6.07) is 16.2. The van der Waals surface area contributed by atoms with Crippen molar-refractivity contribution in [2.24, 2.45) is 4.99 Å². The van der Waals surface area contributed by atoms with E-state index in [1.54, 1.807) is 36.4 Å². The standard InChI is InChI=1S/C25H16BrI2NO5/c1-13-4-3-5-16(8-13)24(30)33-22-19(28)9-14(11-21(22)32-2)10-20-25(31)34-23(29-20)15-6-7-18(27)17(26)12-15/h3-12H,1-2H3/b20-10-. The van der Waals surface area contributed by atoms with Crippen LogP contribution >= 0.6 is 61.1 Å². The van der Waals surface area contributed by atoms with Crippen LogP contribution in [0.4, 0.5) is 0 Å². The van der Waals surface area contributed by atoms with Crippen LogP contribution in [-0.2, 0) is 9.53 Å². The van der Waals surface area contributed by atoms with Crippen LogP contribution in [-0.4, -0.2) is 24.9 Å². The number of rotatable bonds is 5. The average Bonchev–Trinajstić information content (AvgIpc) is 3.17. The highest BCUT2D eigenvalue weighted by molar-refractivity contribution is 14.1. The zero-order valence-electron chi connectivity index (χ0n) is 17.9. The van der Waals surface area contributed by atoms with Crippen LogP contribution in [0.2, 0.25) is 0 Å². The number of carbonyl (C=O) groups excluding carboxylic acids is 2. The number of aryl methyl sites for hydroxylation is 1. The van der Waals surface area contributed by atoms with Gasteiger partial charge in [0.25, 0.3) is 0 Å². The average molecular weight is 744 g/mol. The number of nitrogens with zero attached hydrogens (tertiary/aromatic N) is 1. The normalized spacial score (nSPS) is 14.1. The van der Waals surface area contributed by atoms with Crippen LogP contribution < -0.4 is 9.47 Å². The molecule has 0 fully saturated rings. The lowest BCUT2D eigenvalue weighted by Crippen LogP contribution is -2.10. The molecule has 1 aliphatic heterocycles. The maximum atomic E-state index is 12.6. The van der Waals surface area contributed by atoms with E-state index in [0.717, 1.165) is 13.6 Å². The van der Waals surface area contributed by atoms with E-state index in [0.29, 0.717) is 31.8 Å². The third-order valence-electron chi connectivity index (χ3n) is 4.79. The Labute approximate surface area is 231 Å². The Morgan fingerprint density at radius 1 is 1.09 bits per heavy atom. The van der Waals surface area contributed by atoms with Crippen molar-refractivity contribution < 1.29 is 23.8 Å². The zero-order valence-corrected chi connectivity index (χ0v) is 23.8. The van der Waals surface area contributed by atoms with E-state index < -0.39 is 11.9 Å². The predicted octanol–water partition coefficient (Wildman–Crippen LogP) is 6.54. The van der Waals surface area contributed by atoms with Gasteiger partial charge in [0, 0.05) is 13.6 Å². The molecule has 6 nitrogen and oxygen atoms in total. The molecule has 0 atom stereocenters. The number of benzene rings is 3. The molecule has 0 bridgehead atoms. The molecule has 0 amide bonds. The maximum Gasteiger partial charge on any atom is 0.363 e. The summed E-state index contributed by atoms with van der Waals surface area (Å²) in [6.07, 6.45) is 1.61. The molecule has 34 heavy (non-hydrogen) atoms. The summed E-state index contributed by atoms with van der Waals surface area (Å²) in [7, 11) is 1.49. The summed E-state index contributed by atoms with van der Waals surface area (Å²) in [6.45, 7) is 1.91. The molecular weight excluding hydrogens is 728 g/mol. The first-order valence-electron chi connectivity index (χ1n) is 9.89. The first-order chi connectivity index (χ1) is 16.2. The molecule has 0 unspecified atom stereocenters. The number of halogens is 3. The van der Waals surface area contributed by atoms with Gasteiger partial charge in [-0.25, -0.2) is 14.6 Å². The minimum atomic E-state index is -0.548. The first kappa shape index (κ1) is 24.9. The van der Waals surface area contributed by atoms with Crippen LogP contribution in [0.25, 0.3) is 6.08 Å². The topological polar surface area (TPSA) is 74.2 Å². The number of hydrogen-bond donors (Lipinski definition) is 0. The minimum absolute atomic E-state index is 0.159. The van der Waals surface area contributed by atoms with E-state index in [1.807, 2.05) is 31.2 Å². The lowest BCUT2D eigenvalue weighted by atomic mass is 10.1. The summed E-state index contributed by atoms with van der Waals surface area (Å²) in [4.78, 5) is 29.4. The maximum absolute atomic E-state index is 12.6. The lowest BCUT2D eigenvalue weighted by molar-refractivity contribution is -0.129. The van der Waals surface area contributed by atoms with Gasteiger partial charge in [-0.3, -0.25) is 0 Å². The summed E-state index contributed by atoms with van der Waals surface area (Å²) < 4.78 is 19.0. The van der Waals surface area contributed by atoms with E-state index in [9.17, 15) is 9.59 Å². The van der Waals surface area contributed by atoms with Crippen molar-refractivity contribution >= 4 is 85.0 Å². The number of methoxy groups -OCH3 is 1. The number of cyclic esters (lactones) is 1. The van der Waals surface area contributed by atoms with Crippen LogP contribution in [0.3, 0.4) is 0 Å². The Hall–Kier alpha value is -2.25. The van der Waals surface area contributed by atoms with Gasteiger partial charge < -0.3 is 14.2 Å². The number of hydrogen-bond acceptors (Lipinski definition) is 6. The van der Waals surface area contributed by atoms with Crippen LogP contribution in [0.1, 0.15) is 27.0 Å². The Morgan fingerprint density at radius 3 is 2.59 bits per heavy atom. The van der Waals surface area contributed by atoms with Crippen molar-refractivity contribution in [3.8, 4) is 11.5 Å². The second-order valence-corrected chi connectivity index (χ2v) is 10.4. The van der Waals surface area contributed by atoms with E-state index in [-0.39, 0.29) is 11.6 Å². The predicted molar refractivity (Wildman–Crippen MR) is 149 cm³/mol. The van der Waals surface area contributed by atoms with Gasteiger partial charge in [0.15, 0.2) is 17.2 Å². The third kappa shape index (κ3) is 5.52. The second kappa shape index (κ2) is 10.6. The fourth-order valence-electron chi connectivity index (χ4n) is 3.17. The molecule has 1 aliphatic rings.